The van der Waals surface area contributed by atoms with E-state index in [2.05, 4.69) is 9.47 Å². The first kappa shape index (κ1) is 18.0. The van der Waals surface area contributed by atoms with Gasteiger partial charge in [-0.3, -0.25) is 0 Å². The third-order valence-corrected chi connectivity index (χ3v) is 3.01. The van der Waals surface area contributed by atoms with Gasteiger partial charge >= 0.3 is 12.7 Å². The second kappa shape index (κ2) is 7.02. The van der Waals surface area contributed by atoms with Crippen LogP contribution in [0.1, 0.15) is 11.1 Å². The summed E-state index contributed by atoms with van der Waals surface area (Å²) in [6.45, 7) is 0. The molecule has 0 bridgehead atoms. The summed E-state index contributed by atoms with van der Waals surface area (Å²) in [5, 5.41) is 0. The van der Waals surface area contributed by atoms with Crippen molar-refractivity contribution in [3.05, 3.63) is 59.7 Å². The minimum absolute atomic E-state index is 0.168. The Bertz CT molecular complexity index is 679. The van der Waals surface area contributed by atoms with Gasteiger partial charge in [0.25, 0.3) is 0 Å². The lowest BCUT2D eigenvalue weighted by Gasteiger charge is -2.13. The molecule has 0 saturated heterocycles. The highest BCUT2D eigenvalue weighted by Crippen LogP contribution is 2.28. The molecule has 0 unspecified atom stereocenters. The predicted molar refractivity (Wildman–Crippen MR) is 73.7 cm³/mol. The Kier molecular flexibility index (Phi) is 5.26. The van der Waals surface area contributed by atoms with Gasteiger partial charge in [-0.25, -0.2) is 0 Å². The number of ether oxygens (including phenoxy) is 2. The summed E-state index contributed by atoms with van der Waals surface area (Å²) in [6.07, 6.45) is -9.21. The van der Waals surface area contributed by atoms with Gasteiger partial charge in [0.1, 0.15) is 11.5 Å². The lowest BCUT2D eigenvalue weighted by Crippen LogP contribution is -2.18. The van der Waals surface area contributed by atoms with Crippen molar-refractivity contribution in [3.63, 3.8) is 0 Å². The molecule has 0 aliphatic heterocycles. The third kappa shape index (κ3) is 6.02. The van der Waals surface area contributed by atoms with Crippen molar-refractivity contribution >= 4 is 0 Å². The largest absolute Gasteiger partial charge is 0.573 e. The van der Waals surface area contributed by atoms with Crippen LogP contribution in [-0.2, 0) is 12.8 Å². The summed E-state index contributed by atoms with van der Waals surface area (Å²) >= 11 is 0. The van der Waals surface area contributed by atoms with Crippen LogP contribution in [0.2, 0.25) is 0 Å². The zero-order chi connectivity index (χ0) is 17.8. The molecule has 0 radical (unpaired) electrons. The van der Waals surface area contributed by atoms with Gasteiger partial charge in [0.15, 0.2) is 0 Å². The molecule has 0 aliphatic carbocycles. The van der Waals surface area contributed by atoms with Crippen LogP contribution in [0.25, 0.3) is 0 Å². The lowest BCUT2D eigenvalue weighted by molar-refractivity contribution is -0.275. The molecule has 0 aromatic heterocycles. The summed E-state index contributed by atoms with van der Waals surface area (Å²) in [4.78, 5) is 0. The number of aryl methyl sites for hydroxylation is 2. The van der Waals surface area contributed by atoms with Crippen LogP contribution in [0.5, 0.6) is 11.5 Å². The van der Waals surface area contributed by atoms with E-state index in [1.807, 2.05) is 0 Å². The highest BCUT2D eigenvalue weighted by molar-refractivity contribution is 5.35. The van der Waals surface area contributed by atoms with Crippen molar-refractivity contribution in [2.24, 2.45) is 0 Å². The van der Waals surface area contributed by atoms with Crippen LogP contribution in [0.15, 0.2) is 48.5 Å². The molecular formula is C16H12F6O2. The molecule has 2 aromatic carbocycles. The molecule has 0 N–H and O–H groups in total. The predicted octanol–water partition coefficient (Wildman–Crippen LogP) is 5.27. The molecule has 0 fully saturated rings. The number of hydrogen-bond acceptors (Lipinski definition) is 2. The van der Waals surface area contributed by atoms with E-state index in [4.69, 9.17) is 0 Å². The second-order valence-corrected chi connectivity index (χ2v) is 4.85. The summed E-state index contributed by atoms with van der Waals surface area (Å²) < 4.78 is 81.4. The molecule has 130 valence electrons. The molecule has 2 aromatic rings. The number of benzene rings is 2. The Balaban J connectivity index is 2.08. The normalized spacial score (nSPS) is 12.1. The smallest absolute Gasteiger partial charge is 0.406 e. The summed E-state index contributed by atoms with van der Waals surface area (Å²) in [7, 11) is 0. The zero-order valence-corrected chi connectivity index (χ0v) is 12.1. The molecule has 0 saturated carbocycles. The van der Waals surface area contributed by atoms with Crippen LogP contribution in [0.3, 0.4) is 0 Å². The first-order valence-electron chi connectivity index (χ1n) is 6.81. The Morgan fingerprint density at radius 3 is 2.04 bits per heavy atom. The lowest BCUT2D eigenvalue weighted by atomic mass is 10.0. The Hall–Kier alpha value is -2.38. The van der Waals surface area contributed by atoms with Gasteiger partial charge in [-0.15, -0.1) is 26.3 Å². The van der Waals surface area contributed by atoms with Crippen LogP contribution in [-0.4, -0.2) is 12.7 Å². The van der Waals surface area contributed by atoms with E-state index in [0.29, 0.717) is 11.1 Å². The van der Waals surface area contributed by atoms with Gasteiger partial charge in [-0.2, -0.15) is 0 Å². The van der Waals surface area contributed by atoms with Crippen LogP contribution in [0.4, 0.5) is 26.3 Å². The van der Waals surface area contributed by atoms with E-state index in [-0.39, 0.29) is 24.3 Å². The number of para-hydroxylation sites is 1. The van der Waals surface area contributed by atoms with E-state index >= 15 is 0 Å². The second-order valence-electron chi connectivity index (χ2n) is 4.85. The summed E-state index contributed by atoms with van der Waals surface area (Å²) in [6, 6.07) is 10.9. The molecule has 0 spiro atoms. The molecule has 24 heavy (non-hydrogen) atoms. The fraction of sp³-hybridized carbons (Fsp3) is 0.250. The molecule has 0 heterocycles. The van der Waals surface area contributed by atoms with Gasteiger partial charge < -0.3 is 9.47 Å². The van der Waals surface area contributed by atoms with E-state index in [1.54, 1.807) is 12.1 Å². The van der Waals surface area contributed by atoms with E-state index < -0.39 is 12.7 Å². The molecule has 0 aliphatic rings. The average molecular weight is 350 g/mol. The molecule has 2 rings (SSSR count). The Morgan fingerprint density at radius 2 is 1.38 bits per heavy atom. The maximum atomic E-state index is 12.3. The molecular weight excluding hydrogens is 338 g/mol. The topological polar surface area (TPSA) is 18.5 Å². The van der Waals surface area contributed by atoms with Crippen LogP contribution in [0, 0.1) is 0 Å². The number of hydrogen-bond donors (Lipinski definition) is 0. The van der Waals surface area contributed by atoms with Crippen molar-refractivity contribution in [1.29, 1.82) is 0 Å². The highest BCUT2D eigenvalue weighted by atomic mass is 19.4. The summed E-state index contributed by atoms with van der Waals surface area (Å²) in [5.74, 6) is -0.701. The third-order valence-electron chi connectivity index (χ3n) is 3.01. The van der Waals surface area contributed by atoms with E-state index in [9.17, 15) is 26.3 Å². The van der Waals surface area contributed by atoms with Crippen LogP contribution >= 0.6 is 0 Å². The van der Waals surface area contributed by atoms with E-state index in [0.717, 1.165) is 6.07 Å². The molecule has 8 heteroatoms. The first-order chi connectivity index (χ1) is 11.1. The fourth-order valence-corrected chi connectivity index (χ4v) is 2.11. The minimum atomic E-state index is -4.81. The van der Waals surface area contributed by atoms with E-state index in [1.165, 1.54) is 30.3 Å². The highest BCUT2D eigenvalue weighted by Gasteiger charge is 2.32. The maximum absolute atomic E-state index is 12.3. The summed E-state index contributed by atoms with van der Waals surface area (Å²) in [5.41, 5.74) is 0.801. The maximum Gasteiger partial charge on any atom is 0.573 e. The van der Waals surface area contributed by atoms with Crippen molar-refractivity contribution in [2.75, 3.05) is 0 Å². The Labute approximate surface area is 133 Å². The average Bonchev–Trinajstić information content (AvgIpc) is 2.43. The molecule has 2 nitrogen and oxygen atoms in total. The fourth-order valence-electron chi connectivity index (χ4n) is 2.11. The first-order valence-corrected chi connectivity index (χ1v) is 6.81. The quantitative estimate of drug-likeness (QED) is 0.684. The van der Waals surface area contributed by atoms with Gasteiger partial charge in [-0.05, 0) is 42.2 Å². The van der Waals surface area contributed by atoms with Gasteiger partial charge in [-0.1, -0.05) is 30.3 Å². The van der Waals surface area contributed by atoms with Gasteiger partial charge in [0.05, 0.1) is 0 Å². The Morgan fingerprint density at radius 1 is 0.708 bits per heavy atom. The zero-order valence-electron chi connectivity index (χ0n) is 12.1. The van der Waals surface area contributed by atoms with Crippen molar-refractivity contribution in [3.8, 4) is 11.5 Å². The van der Waals surface area contributed by atoms with Crippen LogP contribution < -0.4 is 9.47 Å². The standard InChI is InChI=1S/C16H12F6O2/c17-15(18,19)23-13-6-3-4-11(10-13)8-9-12-5-1-2-7-14(12)24-16(20,21)22/h1-7,10H,8-9H2. The molecule has 0 amide bonds. The number of alkyl halides is 6. The van der Waals surface area contributed by atoms with Crippen molar-refractivity contribution in [2.45, 2.75) is 25.6 Å². The van der Waals surface area contributed by atoms with Gasteiger partial charge in [0, 0.05) is 0 Å². The van der Waals surface area contributed by atoms with Crippen molar-refractivity contribution < 1.29 is 35.8 Å². The number of rotatable bonds is 5. The SMILES string of the molecule is FC(F)(F)Oc1cccc(CCc2ccccc2OC(F)(F)F)c1. The molecule has 0 atom stereocenters. The minimum Gasteiger partial charge on any atom is -0.406 e. The number of halogens is 6. The monoisotopic (exact) mass is 350 g/mol. The van der Waals surface area contributed by atoms with Gasteiger partial charge in [0.2, 0.25) is 0 Å². The van der Waals surface area contributed by atoms with Crippen molar-refractivity contribution in [1.82, 2.24) is 0 Å².